The second-order valence-corrected chi connectivity index (χ2v) is 12.1. The lowest BCUT2D eigenvalue weighted by atomic mass is 10.6. The monoisotopic (exact) mass is 218 g/mol. The molecule has 0 N–H and O–H groups in total. The second-order valence-electron chi connectivity index (χ2n) is 3.86. The van der Waals surface area contributed by atoms with Gasteiger partial charge in [0.25, 0.3) is 0 Å². The highest BCUT2D eigenvalue weighted by Gasteiger charge is 2.31. The molecule has 2 radical (unpaired) electrons. The molecule has 1 fully saturated rings. The zero-order valence-corrected chi connectivity index (χ0v) is 11.4. The largest absolute Gasteiger partial charge is 0.436 e. The van der Waals surface area contributed by atoms with E-state index in [1.165, 1.54) is 18.5 Å². The Labute approximate surface area is 80.0 Å². The van der Waals surface area contributed by atoms with Crippen LogP contribution >= 0.6 is 0 Å². The van der Waals surface area contributed by atoms with Crippen molar-refractivity contribution < 1.29 is 8.23 Å². The fourth-order valence-corrected chi connectivity index (χ4v) is 11.3. The minimum absolute atomic E-state index is 0.529. The molecule has 0 aromatic rings. The summed E-state index contributed by atoms with van der Waals surface area (Å²) in [7, 11) is -2.77. The molecule has 0 spiro atoms. The van der Waals surface area contributed by atoms with Crippen LogP contribution in [-0.2, 0) is 8.23 Å². The zero-order valence-electron chi connectivity index (χ0n) is 8.44. The third kappa shape index (κ3) is 3.53. The van der Waals surface area contributed by atoms with Crippen molar-refractivity contribution >= 4 is 26.6 Å². The van der Waals surface area contributed by atoms with Crippen molar-refractivity contribution in [3.05, 3.63) is 0 Å². The highest BCUT2D eigenvalue weighted by molar-refractivity contribution is 6.79. The Bertz CT molecular complexity index is 138. The molecule has 0 aromatic carbocycles. The van der Waals surface area contributed by atoms with Crippen LogP contribution in [0.3, 0.4) is 0 Å². The molecule has 1 aliphatic rings. The molecular formula is C7H18O2Si3. The lowest BCUT2D eigenvalue weighted by molar-refractivity contribution is 0.401. The molecule has 70 valence electrons. The first kappa shape index (κ1) is 10.7. The summed E-state index contributed by atoms with van der Waals surface area (Å²) in [5, 5.41) is 0. The summed E-state index contributed by atoms with van der Waals surface area (Å²) in [5.41, 5.74) is 0. The van der Waals surface area contributed by atoms with Crippen LogP contribution in [0.2, 0.25) is 38.3 Å². The fraction of sp³-hybridized carbons (Fsp3) is 1.00. The Balaban J connectivity index is 2.51. The van der Waals surface area contributed by atoms with Crippen LogP contribution in [0.1, 0.15) is 6.42 Å². The Morgan fingerprint density at radius 1 is 1.00 bits per heavy atom. The first-order valence-corrected chi connectivity index (χ1v) is 11.6. The molecule has 0 aromatic heterocycles. The molecule has 5 heteroatoms. The number of rotatable bonds is 0. The number of hydrogen-bond acceptors (Lipinski definition) is 2. The maximum absolute atomic E-state index is 5.99. The summed E-state index contributed by atoms with van der Waals surface area (Å²) < 4.78 is 12.0. The average Bonchev–Trinajstić information content (AvgIpc) is 1.81. The van der Waals surface area contributed by atoms with E-state index in [0.717, 1.165) is 0 Å². The third-order valence-corrected chi connectivity index (χ3v) is 10.7. The van der Waals surface area contributed by atoms with E-state index >= 15 is 0 Å². The standard InChI is InChI=1S/C7H18O2Si3/c1-10-6-5-7-11(2)9-12(3,4)8-10/h5-7H2,1-4H3. The highest BCUT2D eigenvalue weighted by atomic mass is 28.5. The summed E-state index contributed by atoms with van der Waals surface area (Å²) in [6.07, 6.45) is 1.32. The summed E-state index contributed by atoms with van der Waals surface area (Å²) in [5.74, 6) is 0. The van der Waals surface area contributed by atoms with Crippen molar-refractivity contribution in [2.45, 2.75) is 44.7 Å². The lowest BCUT2D eigenvalue weighted by Crippen LogP contribution is -2.45. The zero-order chi connectivity index (χ0) is 9.19. The molecule has 0 unspecified atom stereocenters. The maximum Gasteiger partial charge on any atom is 0.311 e. The van der Waals surface area contributed by atoms with Gasteiger partial charge in [-0.1, -0.05) is 6.42 Å². The van der Waals surface area contributed by atoms with E-state index in [-0.39, 0.29) is 0 Å². The van der Waals surface area contributed by atoms with Crippen LogP contribution in [0, 0.1) is 0 Å². The first-order valence-electron chi connectivity index (χ1n) is 4.52. The summed E-state index contributed by atoms with van der Waals surface area (Å²) in [4.78, 5) is 0. The van der Waals surface area contributed by atoms with Gasteiger partial charge in [0.05, 0.1) is 0 Å². The van der Waals surface area contributed by atoms with Gasteiger partial charge in [-0.15, -0.1) is 0 Å². The van der Waals surface area contributed by atoms with E-state index in [2.05, 4.69) is 26.2 Å². The molecule has 1 aliphatic heterocycles. The van der Waals surface area contributed by atoms with Gasteiger partial charge in [-0.2, -0.15) is 0 Å². The minimum atomic E-state index is -1.71. The van der Waals surface area contributed by atoms with Gasteiger partial charge < -0.3 is 8.23 Å². The van der Waals surface area contributed by atoms with Crippen molar-refractivity contribution in [3.63, 3.8) is 0 Å². The number of hydrogen-bond donors (Lipinski definition) is 0. The van der Waals surface area contributed by atoms with E-state index < -0.39 is 26.6 Å². The van der Waals surface area contributed by atoms with Crippen LogP contribution in [-0.4, -0.2) is 26.6 Å². The first-order chi connectivity index (χ1) is 5.49. The quantitative estimate of drug-likeness (QED) is 0.581. The molecule has 0 aliphatic carbocycles. The molecular weight excluding hydrogens is 200 g/mol. The van der Waals surface area contributed by atoms with Crippen molar-refractivity contribution in [2.75, 3.05) is 0 Å². The Morgan fingerprint density at radius 2 is 1.42 bits per heavy atom. The summed E-state index contributed by atoms with van der Waals surface area (Å²) >= 11 is 0. The van der Waals surface area contributed by atoms with Crippen LogP contribution in [0.15, 0.2) is 0 Å². The molecule has 1 heterocycles. The molecule has 1 saturated heterocycles. The molecule has 1 rings (SSSR count). The van der Waals surface area contributed by atoms with Crippen LogP contribution in [0.4, 0.5) is 0 Å². The lowest BCUT2D eigenvalue weighted by Gasteiger charge is -2.31. The predicted octanol–water partition coefficient (Wildman–Crippen LogP) is 2.37. The van der Waals surface area contributed by atoms with Crippen LogP contribution < -0.4 is 0 Å². The van der Waals surface area contributed by atoms with Crippen LogP contribution in [0.25, 0.3) is 0 Å². The molecule has 0 atom stereocenters. The molecule has 2 nitrogen and oxygen atoms in total. The molecule has 0 bridgehead atoms. The molecule has 12 heavy (non-hydrogen) atoms. The maximum atomic E-state index is 5.99. The van der Waals surface area contributed by atoms with Gasteiger partial charge in [0, 0.05) is 0 Å². The predicted molar refractivity (Wildman–Crippen MR) is 57.1 cm³/mol. The van der Waals surface area contributed by atoms with Gasteiger partial charge in [-0.25, -0.2) is 0 Å². The van der Waals surface area contributed by atoms with Gasteiger partial charge >= 0.3 is 8.56 Å². The molecule has 0 saturated carbocycles. The Morgan fingerprint density at radius 3 is 1.83 bits per heavy atom. The van der Waals surface area contributed by atoms with Gasteiger partial charge in [0.1, 0.15) is 0 Å². The summed E-state index contributed by atoms with van der Waals surface area (Å²) in [6.45, 7) is 8.88. The van der Waals surface area contributed by atoms with Gasteiger partial charge in [-0.3, -0.25) is 0 Å². The van der Waals surface area contributed by atoms with Crippen LogP contribution in [0.5, 0.6) is 0 Å². The normalized spacial score (nSPS) is 28.0. The Kier molecular flexibility index (Phi) is 3.72. The van der Waals surface area contributed by atoms with E-state index in [4.69, 9.17) is 8.23 Å². The SMILES string of the molecule is C[Si]1CCC[Si](C)O[Si](C)(C)O1. The van der Waals surface area contributed by atoms with Gasteiger partial charge in [0.2, 0.25) is 0 Å². The Hall–Kier alpha value is 0.571. The van der Waals surface area contributed by atoms with E-state index in [1.807, 2.05) is 0 Å². The third-order valence-electron chi connectivity index (χ3n) is 1.90. The van der Waals surface area contributed by atoms with Gasteiger partial charge in [-0.05, 0) is 38.3 Å². The van der Waals surface area contributed by atoms with Crippen molar-refractivity contribution in [1.82, 2.24) is 0 Å². The summed E-state index contributed by atoms with van der Waals surface area (Å²) in [6, 6.07) is 2.62. The smallest absolute Gasteiger partial charge is 0.311 e. The fourth-order valence-electron chi connectivity index (χ4n) is 1.55. The minimum Gasteiger partial charge on any atom is -0.436 e. The van der Waals surface area contributed by atoms with E-state index in [0.29, 0.717) is 0 Å². The van der Waals surface area contributed by atoms with Crippen molar-refractivity contribution in [1.29, 1.82) is 0 Å². The van der Waals surface area contributed by atoms with E-state index in [9.17, 15) is 0 Å². The van der Waals surface area contributed by atoms with E-state index in [1.54, 1.807) is 0 Å². The second kappa shape index (κ2) is 4.19. The highest BCUT2D eigenvalue weighted by Crippen LogP contribution is 2.19. The van der Waals surface area contributed by atoms with Crippen molar-refractivity contribution in [2.24, 2.45) is 0 Å². The molecule has 0 amide bonds. The van der Waals surface area contributed by atoms with Gasteiger partial charge in [0.15, 0.2) is 18.1 Å². The topological polar surface area (TPSA) is 18.5 Å². The average molecular weight is 218 g/mol. The van der Waals surface area contributed by atoms with Crippen molar-refractivity contribution in [3.8, 4) is 0 Å².